The van der Waals surface area contributed by atoms with Crippen LogP contribution < -0.4 is 0 Å². The number of aliphatic hydroxyl groups is 1. The molecule has 0 aliphatic heterocycles. The Balaban J connectivity index is 5.19. The van der Waals surface area contributed by atoms with E-state index in [1.165, 1.54) is 205 Å². The monoisotopic (exact) mass is 1440 g/mol. The summed E-state index contributed by atoms with van der Waals surface area (Å²) in [7, 11) is -9.91. The lowest BCUT2D eigenvalue weighted by Crippen LogP contribution is -2.30. The van der Waals surface area contributed by atoms with E-state index in [4.69, 9.17) is 37.0 Å². The van der Waals surface area contributed by atoms with Crippen molar-refractivity contribution in [1.29, 1.82) is 0 Å². The zero-order chi connectivity index (χ0) is 72.4. The summed E-state index contributed by atoms with van der Waals surface area (Å²) in [5.41, 5.74) is 0. The Bertz CT molecular complexity index is 1920. The van der Waals surface area contributed by atoms with Gasteiger partial charge in [0.2, 0.25) is 0 Å². The van der Waals surface area contributed by atoms with Crippen LogP contribution in [-0.4, -0.2) is 96.7 Å². The minimum atomic E-state index is -4.96. The number of unbranched alkanes of at least 4 members (excludes halogenated alkanes) is 42. The van der Waals surface area contributed by atoms with Crippen molar-refractivity contribution in [2.24, 2.45) is 23.7 Å². The second-order valence-electron chi connectivity index (χ2n) is 30.4. The highest BCUT2D eigenvalue weighted by Crippen LogP contribution is 2.45. The lowest BCUT2D eigenvalue weighted by Gasteiger charge is -2.21. The molecule has 0 fully saturated rings. The summed E-state index contributed by atoms with van der Waals surface area (Å²) in [5.74, 6) is 0.893. The molecule has 0 radical (unpaired) electrons. The lowest BCUT2D eigenvalue weighted by atomic mass is 10.0. The largest absolute Gasteiger partial charge is 0.472 e. The Morgan fingerprint density at radius 3 is 0.633 bits per heavy atom. The van der Waals surface area contributed by atoms with Crippen molar-refractivity contribution in [3.63, 3.8) is 0 Å². The number of carbonyl (C=O) groups is 4. The summed E-state index contributed by atoms with van der Waals surface area (Å²) in [6, 6.07) is 0. The van der Waals surface area contributed by atoms with Crippen molar-refractivity contribution in [1.82, 2.24) is 0 Å². The van der Waals surface area contributed by atoms with Crippen LogP contribution in [0.3, 0.4) is 0 Å². The Labute approximate surface area is 600 Å². The summed E-state index contributed by atoms with van der Waals surface area (Å²) in [4.78, 5) is 72.8. The first-order chi connectivity index (χ1) is 47.1. The minimum Gasteiger partial charge on any atom is -0.462 e. The number of rotatable bonds is 76. The summed E-state index contributed by atoms with van der Waals surface area (Å²) in [5, 5.41) is 10.6. The topological polar surface area (TPSA) is 237 Å². The molecule has 0 rings (SSSR count). The first-order valence-corrected chi connectivity index (χ1v) is 43.7. The van der Waals surface area contributed by atoms with E-state index in [0.717, 1.165) is 108 Å². The number of phosphoric ester groups is 2. The van der Waals surface area contributed by atoms with Crippen LogP contribution in [0.5, 0.6) is 0 Å². The fourth-order valence-electron chi connectivity index (χ4n) is 12.1. The van der Waals surface area contributed by atoms with Crippen molar-refractivity contribution < 1.29 is 80.2 Å². The number of esters is 4. The van der Waals surface area contributed by atoms with Gasteiger partial charge in [-0.25, -0.2) is 9.13 Å². The minimum absolute atomic E-state index is 0.101. The van der Waals surface area contributed by atoms with Crippen LogP contribution in [0.25, 0.3) is 0 Å². The molecule has 582 valence electrons. The third-order valence-corrected chi connectivity index (χ3v) is 20.2. The molecule has 0 saturated carbocycles. The third-order valence-electron chi connectivity index (χ3n) is 18.3. The smallest absolute Gasteiger partial charge is 0.462 e. The molecular weight excluding hydrogens is 1280 g/mol. The second-order valence-corrected chi connectivity index (χ2v) is 33.3. The second kappa shape index (κ2) is 68.2. The highest BCUT2D eigenvalue weighted by molar-refractivity contribution is 7.47. The first kappa shape index (κ1) is 96.1. The Morgan fingerprint density at radius 1 is 0.255 bits per heavy atom. The molecule has 17 nitrogen and oxygen atoms in total. The maximum atomic E-state index is 13.1. The number of carbonyl (C=O) groups excluding carboxylic acids is 4. The quantitative estimate of drug-likeness (QED) is 0.0222. The zero-order valence-corrected chi connectivity index (χ0v) is 66.2. The van der Waals surface area contributed by atoms with Crippen LogP contribution in [0.2, 0.25) is 0 Å². The molecule has 0 aromatic carbocycles. The molecule has 98 heavy (non-hydrogen) atoms. The predicted octanol–water partition coefficient (Wildman–Crippen LogP) is 23.2. The molecule has 3 N–H and O–H groups in total. The Morgan fingerprint density at radius 2 is 0.429 bits per heavy atom. The molecule has 0 spiro atoms. The van der Waals surface area contributed by atoms with Gasteiger partial charge in [-0.15, -0.1) is 0 Å². The van der Waals surface area contributed by atoms with Gasteiger partial charge < -0.3 is 33.8 Å². The van der Waals surface area contributed by atoms with E-state index in [1.54, 1.807) is 0 Å². The maximum Gasteiger partial charge on any atom is 0.472 e. The fraction of sp³-hybridized carbons (Fsp3) is 0.949. The normalized spacial score (nSPS) is 14.1. The van der Waals surface area contributed by atoms with Gasteiger partial charge in [-0.2, -0.15) is 0 Å². The standard InChI is InChI=1S/C79H154O17P2/c1-69(2)55-47-39-31-25-21-17-13-11-9-10-12-14-20-24-28-36-45-53-61-78(83)95-74(65-89-76(81)59-51-43-34-27-23-19-16-15-18-22-26-32-40-48-56-70(3)4)67-93-97(85,86)91-63-73(80)64-92-98(87,88)94-68-75(96-79(84)62-54-46-38-37-42-50-58-72(7)8)66-90-77(82)60-52-44-35-30-29-33-41-49-57-71(5)6/h69-75,80H,9-68H2,1-8H3,(H,85,86)(H,87,88)/t73?,74-,75-/m1/s1. The number of phosphoric acid groups is 2. The van der Waals surface area contributed by atoms with Crippen LogP contribution in [0.1, 0.15) is 402 Å². The van der Waals surface area contributed by atoms with Crippen LogP contribution in [0.15, 0.2) is 0 Å². The van der Waals surface area contributed by atoms with Gasteiger partial charge in [0.15, 0.2) is 12.2 Å². The van der Waals surface area contributed by atoms with Crippen molar-refractivity contribution >= 4 is 39.5 Å². The van der Waals surface area contributed by atoms with Crippen LogP contribution in [0, 0.1) is 23.7 Å². The van der Waals surface area contributed by atoms with Crippen LogP contribution in [0.4, 0.5) is 0 Å². The average Bonchev–Trinajstić information content (AvgIpc) is 0.959. The molecule has 0 aliphatic carbocycles. The van der Waals surface area contributed by atoms with Gasteiger partial charge >= 0.3 is 39.5 Å². The number of aliphatic hydroxyl groups excluding tert-OH is 1. The van der Waals surface area contributed by atoms with Crippen molar-refractivity contribution in [3.8, 4) is 0 Å². The predicted molar refractivity (Wildman–Crippen MR) is 400 cm³/mol. The fourth-order valence-corrected chi connectivity index (χ4v) is 13.7. The molecule has 0 bridgehead atoms. The van der Waals surface area contributed by atoms with E-state index in [2.05, 4.69) is 55.4 Å². The van der Waals surface area contributed by atoms with Gasteiger partial charge in [-0.1, -0.05) is 351 Å². The van der Waals surface area contributed by atoms with Gasteiger partial charge in [-0.05, 0) is 49.4 Å². The highest BCUT2D eigenvalue weighted by Gasteiger charge is 2.30. The van der Waals surface area contributed by atoms with Crippen LogP contribution >= 0.6 is 15.6 Å². The first-order valence-electron chi connectivity index (χ1n) is 40.7. The molecule has 0 saturated heterocycles. The summed E-state index contributed by atoms with van der Waals surface area (Å²) >= 11 is 0. The Kier molecular flexibility index (Phi) is 66.8. The van der Waals surface area contributed by atoms with E-state index in [-0.39, 0.29) is 25.7 Å². The van der Waals surface area contributed by atoms with Gasteiger partial charge in [0.1, 0.15) is 19.3 Å². The van der Waals surface area contributed by atoms with Gasteiger partial charge in [0, 0.05) is 25.7 Å². The molecule has 0 amide bonds. The zero-order valence-electron chi connectivity index (χ0n) is 64.4. The number of ether oxygens (including phenoxy) is 4. The molecule has 5 atom stereocenters. The third kappa shape index (κ3) is 72.4. The molecule has 0 aromatic heterocycles. The molecule has 0 heterocycles. The highest BCUT2D eigenvalue weighted by atomic mass is 31.2. The van der Waals surface area contributed by atoms with E-state index in [1.807, 2.05) is 0 Å². The van der Waals surface area contributed by atoms with E-state index < -0.39 is 97.5 Å². The summed E-state index contributed by atoms with van der Waals surface area (Å²) in [6.07, 6.45) is 54.5. The molecular formula is C79H154O17P2. The average molecular weight is 1440 g/mol. The van der Waals surface area contributed by atoms with Crippen molar-refractivity contribution in [2.75, 3.05) is 39.6 Å². The summed E-state index contributed by atoms with van der Waals surface area (Å²) in [6.45, 7) is 14.2. The molecule has 3 unspecified atom stereocenters. The lowest BCUT2D eigenvalue weighted by molar-refractivity contribution is -0.161. The molecule has 19 heteroatoms. The van der Waals surface area contributed by atoms with Gasteiger partial charge in [0.25, 0.3) is 0 Å². The number of hydrogen-bond acceptors (Lipinski definition) is 15. The molecule has 0 aliphatic rings. The van der Waals surface area contributed by atoms with E-state index in [0.29, 0.717) is 31.6 Å². The molecule has 0 aromatic rings. The summed E-state index contributed by atoms with van der Waals surface area (Å²) < 4.78 is 68.5. The number of hydrogen-bond donors (Lipinski definition) is 3. The van der Waals surface area contributed by atoms with Crippen molar-refractivity contribution in [3.05, 3.63) is 0 Å². The van der Waals surface area contributed by atoms with Gasteiger partial charge in [0.05, 0.1) is 26.4 Å². The van der Waals surface area contributed by atoms with Crippen molar-refractivity contribution in [2.45, 2.75) is 420 Å². The van der Waals surface area contributed by atoms with E-state index >= 15 is 0 Å². The van der Waals surface area contributed by atoms with E-state index in [9.17, 15) is 43.2 Å². The maximum absolute atomic E-state index is 13.1. The SMILES string of the molecule is CC(C)CCCCCCCCCCCCCCCCCCCCC(=O)O[C@H](COC(=O)CCCCCCCCCCCCCCCCC(C)C)COP(=O)(O)OCC(O)COP(=O)(O)OC[C@@H](COC(=O)CCCCCCCCCCC(C)C)OC(=O)CCCCCCCCC(C)C. The van der Waals surface area contributed by atoms with Gasteiger partial charge in [-0.3, -0.25) is 37.3 Å². The van der Waals surface area contributed by atoms with Crippen LogP contribution in [-0.2, 0) is 65.4 Å². The Hall–Kier alpha value is -1.94.